The average molecular weight is 739 g/mol. The summed E-state index contributed by atoms with van der Waals surface area (Å²) >= 11 is 0. The number of hydrogen-bond acceptors (Lipinski definition) is 4. The van der Waals surface area contributed by atoms with E-state index in [1.807, 2.05) is 97.1 Å². The maximum atomic E-state index is 10.2. The van der Waals surface area contributed by atoms with Crippen LogP contribution < -0.4 is 0 Å². The molecule has 9 aromatic carbocycles. The molecule has 0 unspecified atom stereocenters. The van der Waals surface area contributed by atoms with E-state index in [1.54, 1.807) is 0 Å². The number of hydrogen-bond donors (Lipinski definition) is 0. The summed E-state index contributed by atoms with van der Waals surface area (Å²) in [6.45, 7) is 0. The lowest BCUT2D eigenvalue weighted by atomic mass is 9.91. The minimum Gasteiger partial charge on any atom is -0.208 e. The third-order valence-corrected chi connectivity index (χ3v) is 10.8. The lowest BCUT2D eigenvalue weighted by Gasteiger charge is -2.13. The highest BCUT2D eigenvalue weighted by Gasteiger charge is 2.17. The summed E-state index contributed by atoms with van der Waals surface area (Å²) in [6.07, 6.45) is 0. The van der Waals surface area contributed by atoms with Gasteiger partial charge in [0.25, 0.3) is 0 Å². The zero-order chi connectivity index (χ0) is 38.8. The molecule has 0 aliphatic carbocycles. The second-order valence-corrected chi connectivity index (χ2v) is 14.3. The van der Waals surface area contributed by atoms with Crippen molar-refractivity contribution in [3.8, 4) is 84.7 Å². The van der Waals surface area contributed by atoms with Gasteiger partial charge >= 0.3 is 0 Å². The number of rotatable bonds is 7. The number of benzene rings is 9. The van der Waals surface area contributed by atoms with E-state index in [9.17, 15) is 5.26 Å². The van der Waals surface area contributed by atoms with Crippen LogP contribution in [-0.2, 0) is 0 Å². The fourth-order valence-electron chi connectivity index (χ4n) is 7.88. The van der Waals surface area contributed by atoms with Crippen LogP contribution in [0.4, 0.5) is 0 Å². The van der Waals surface area contributed by atoms with Crippen LogP contribution >= 0.6 is 0 Å². The van der Waals surface area contributed by atoms with Crippen molar-refractivity contribution in [2.45, 2.75) is 0 Å². The molecule has 4 nitrogen and oxygen atoms in total. The van der Waals surface area contributed by atoms with Crippen LogP contribution in [0.1, 0.15) is 5.56 Å². The first-order valence-corrected chi connectivity index (χ1v) is 19.3. The molecule has 0 saturated carbocycles. The molecule has 4 heteroatoms. The number of nitrogens with zero attached hydrogens (tertiary/aromatic N) is 4. The third-order valence-electron chi connectivity index (χ3n) is 10.8. The highest BCUT2D eigenvalue weighted by Crippen LogP contribution is 2.37. The monoisotopic (exact) mass is 738 g/mol. The summed E-state index contributed by atoms with van der Waals surface area (Å²) in [5, 5.41) is 15.2. The van der Waals surface area contributed by atoms with E-state index in [2.05, 4.69) is 115 Å². The van der Waals surface area contributed by atoms with Crippen molar-refractivity contribution >= 4 is 21.5 Å². The Morgan fingerprint density at radius 2 is 0.759 bits per heavy atom. The second-order valence-electron chi connectivity index (χ2n) is 14.3. The van der Waals surface area contributed by atoms with Gasteiger partial charge in [0.15, 0.2) is 17.5 Å². The lowest BCUT2D eigenvalue weighted by molar-refractivity contribution is 1.07. The molecule has 0 aliphatic rings. The molecule has 0 atom stereocenters. The fraction of sp³-hybridized carbons (Fsp3) is 0. The summed E-state index contributed by atoms with van der Waals surface area (Å²) in [4.78, 5) is 15.0. The van der Waals surface area contributed by atoms with Gasteiger partial charge < -0.3 is 0 Å². The molecule has 0 fully saturated rings. The molecule has 270 valence electrons. The van der Waals surface area contributed by atoms with Gasteiger partial charge in [-0.25, -0.2) is 15.0 Å². The topological polar surface area (TPSA) is 62.5 Å². The Kier molecular flexibility index (Phi) is 8.87. The van der Waals surface area contributed by atoms with Crippen LogP contribution in [0.5, 0.6) is 0 Å². The summed E-state index contributed by atoms with van der Waals surface area (Å²) < 4.78 is 0. The zero-order valence-corrected chi connectivity index (χ0v) is 31.4. The molecule has 1 aromatic heterocycles. The summed E-state index contributed by atoms with van der Waals surface area (Å²) in [7, 11) is 0. The molecule has 10 aromatic rings. The van der Waals surface area contributed by atoms with Gasteiger partial charge in [0.2, 0.25) is 0 Å². The quantitative estimate of drug-likeness (QED) is 0.153. The van der Waals surface area contributed by atoms with Crippen LogP contribution in [0.2, 0.25) is 0 Å². The van der Waals surface area contributed by atoms with Gasteiger partial charge in [0.1, 0.15) is 0 Å². The predicted octanol–water partition coefficient (Wildman–Crippen LogP) is 13.7. The Labute approximate surface area is 337 Å². The SMILES string of the molecule is N#Cc1ccc(-c2ccc(-c3cc4ccccc4c4ccccc34)cc2)cc1-c1ccc(-c2nc(-c3ccccc3)nc(-c3ccccc3-c3ccccc3)n2)cc1. The minimum atomic E-state index is 0.576. The largest absolute Gasteiger partial charge is 0.208 e. The Morgan fingerprint density at radius 1 is 0.293 bits per heavy atom. The molecule has 0 N–H and O–H groups in total. The molecule has 0 saturated heterocycles. The summed E-state index contributed by atoms with van der Waals surface area (Å²) in [5.74, 6) is 1.78. The van der Waals surface area contributed by atoms with E-state index >= 15 is 0 Å². The molecule has 1 heterocycles. The number of fused-ring (bicyclic) bond motifs is 3. The Morgan fingerprint density at radius 3 is 1.45 bits per heavy atom. The third kappa shape index (κ3) is 6.47. The van der Waals surface area contributed by atoms with Gasteiger partial charge in [-0.05, 0) is 78.7 Å². The Balaban J connectivity index is 1.00. The van der Waals surface area contributed by atoms with Crippen LogP contribution in [-0.4, -0.2) is 15.0 Å². The maximum absolute atomic E-state index is 10.2. The fourth-order valence-corrected chi connectivity index (χ4v) is 7.88. The van der Waals surface area contributed by atoms with Crippen LogP contribution in [0, 0.1) is 11.3 Å². The maximum Gasteiger partial charge on any atom is 0.164 e. The molecule has 10 rings (SSSR count). The van der Waals surface area contributed by atoms with Crippen molar-refractivity contribution < 1.29 is 0 Å². The van der Waals surface area contributed by atoms with E-state index in [0.717, 1.165) is 55.6 Å². The molecule has 0 aliphatic heterocycles. The van der Waals surface area contributed by atoms with Gasteiger partial charge in [0.05, 0.1) is 11.6 Å². The number of aromatic nitrogens is 3. The Hall–Kier alpha value is -8.00. The van der Waals surface area contributed by atoms with Crippen molar-refractivity contribution in [1.29, 1.82) is 5.26 Å². The molecule has 58 heavy (non-hydrogen) atoms. The lowest BCUT2D eigenvalue weighted by Crippen LogP contribution is -2.01. The van der Waals surface area contributed by atoms with Crippen LogP contribution in [0.15, 0.2) is 206 Å². The van der Waals surface area contributed by atoms with Crippen molar-refractivity contribution in [2.75, 3.05) is 0 Å². The van der Waals surface area contributed by atoms with E-state index in [4.69, 9.17) is 15.0 Å². The minimum absolute atomic E-state index is 0.576. The van der Waals surface area contributed by atoms with Crippen LogP contribution in [0.25, 0.3) is 100 Å². The molecular formula is C54H34N4. The van der Waals surface area contributed by atoms with E-state index in [-0.39, 0.29) is 0 Å². The smallest absolute Gasteiger partial charge is 0.164 e. The standard InChI is InChI=1S/C54H34N4/c55-35-44-32-31-42(36-23-25-39(26-24-36)51-34-43-17-7-8-19-46(43)47-20-10-11-21-48(47)51)33-50(44)38-27-29-41(30-28-38)53-56-52(40-15-5-2-6-16-40)57-54(58-53)49-22-12-9-18-45(49)37-13-3-1-4-14-37/h1-34H. The zero-order valence-electron chi connectivity index (χ0n) is 31.4. The first-order chi connectivity index (χ1) is 28.7. The van der Waals surface area contributed by atoms with Crippen molar-refractivity contribution in [2.24, 2.45) is 0 Å². The average Bonchev–Trinajstić information content (AvgIpc) is 3.31. The number of nitriles is 1. The first-order valence-electron chi connectivity index (χ1n) is 19.3. The predicted molar refractivity (Wildman–Crippen MR) is 238 cm³/mol. The van der Waals surface area contributed by atoms with E-state index < -0.39 is 0 Å². The highest BCUT2D eigenvalue weighted by molar-refractivity contribution is 6.13. The van der Waals surface area contributed by atoms with Gasteiger partial charge in [-0.2, -0.15) is 5.26 Å². The van der Waals surface area contributed by atoms with Gasteiger partial charge in [0, 0.05) is 22.3 Å². The molecule has 0 amide bonds. The summed E-state index contributed by atoms with van der Waals surface area (Å²) in [6, 6.07) is 73.4. The van der Waals surface area contributed by atoms with E-state index in [0.29, 0.717) is 23.0 Å². The second kappa shape index (κ2) is 14.9. The van der Waals surface area contributed by atoms with Gasteiger partial charge in [-0.15, -0.1) is 0 Å². The molecule has 0 radical (unpaired) electrons. The van der Waals surface area contributed by atoms with Crippen molar-refractivity contribution in [1.82, 2.24) is 15.0 Å². The highest BCUT2D eigenvalue weighted by atomic mass is 15.0. The summed E-state index contributed by atoms with van der Waals surface area (Å²) in [5.41, 5.74) is 11.8. The molecule has 0 spiro atoms. The normalized spacial score (nSPS) is 11.1. The molecule has 0 bridgehead atoms. The van der Waals surface area contributed by atoms with Gasteiger partial charge in [-0.1, -0.05) is 188 Å². The van der Waals surface area contributed by atoms with E-state index in [1.165, 1.54) is 27.1 Å². The van der Waals surface area contributed by atoms with Crippen molar-refractivity contribution in [3.63, 3.8) is 0 Å². The van der Waals surface area contributed by atoms with Crippen LogP contribution in [0.3, 0.4) is 0 Å². The first kappa shape index (κ1) is 34.5. The Bertz CT molecular complexity index is 3150. The van der Waals surface area contributed by atoms with Gasteiger partial charge in [-0.3, -0.25) is 0 Å². The van der Waals surface area contributed by atoms with Crippen molar-refractivity contribution in [3.05, 3.63) is 212 Å². The molecular weight excluding hydrogens is 705 g/mol.